The molecule has 1 aromatic carbocycles. The van der Waals surface area contributed by atoms with Crippen molar-refractivity contribution in [2.24, 2.45) is 5.84 Å². The minimum atomic E-state index is -0.340. The molecule has 1 unspecified atom stereocenters. The van der Waals surface area contributed by atoms with Gasteiger partial charge >= 0.3 is 0 Å². The summed E-state index contributed by atoms with van der Waals surface area (Å²) in [6, 6.07) is 4.29. The number of methoxy groups -OCH3 is 1. The van der Waals surface area contributed by atoms with Gasteiger partial charge in [0.1, 0.15) is 5.82 Å². The number of nitrogens with one attached hydrogen (secondary N) is 1. The summed E-state index contributed by atoms with van der Waals surface area (Å²) in [5.41, 5.74) is 3.46. The minimum Gasteiger partial charge on any atom is -0.383 e. The predicted octanol–water partition coefficient (Wildman–Crippen LogP) is 1.50. The van der Waals surface area contributed by atoms with Gasteiger partial charge in [-0.1, -0.05) is 17.7 Å². The lowest BCUT2D eigenvalue weighted by molar-refractivity contribution is 0.166. The molecule has 1 atom stereocenters. The zero-order valence-electron chi connectivity index (χ0n) is 8.47. The highest BCUT2D eigenvalue weighted by Crippen LogP contribution is 2.18. The van der Waals surface area contributed by atoms with Gasteiger partial charge in [-0.15, -0.1) is 0 Å². The van der Waals surface area contributed by atoms with Crippen LogP contribution < -0.4 is 11.3 Å². The molecular weight excluding hydrogens is 219 g/mol. The van der Waals surface area contributed by atoms with E-state index in [0.717, 1.165) is 5.56 Å². The third-order valence-corrected chi connectivity index (χ3v) is 2.44. The van der Waals surface area contributed by atoms with Crippen molar-refractivity contribution in [3.8, 4) is 0 Å². The van der Waals surface area contributed by atoms with Crippen molar-refractivity contribution in [2.75, 3.05) is 13.7 Å². The topological polar surface area (TPSA) is 47.3 Å². The average molecular weight is 233 g/mol. The van der Waals surface area contributed by atoms with Crippen LogP contribution in [0.1, 0.15) is 5.56 Å². The lowest BCUT2D eigenvalue weighted by Gasteiger charge is -2.15. The summed E-state index contributed by atoms with van der Waals surface area (Å²) in [6.07, 6.45) is 0.601. The van der Waals surface area contributed by atoms with Gasteiger partial charge in [-0.2, -0.15) is 0 Å². The van der Waals surface area contributed by atoms with Crippen LogP contribution in [0.5, 0.6) is 0 Å². The van der Waals surface area contributed by atoms with Crippen LogP contribution in [0.3, 0.4) is 0 Å². The van der Waals surface area contributed by atoms with E-state index in [9.17, 15) is 4.39 Å². The third-order valence-electron chi connectivity index (χ3n) is 2.08. The fourth-order valence-corrected chi connectivity index (χ4v) is 1.56. The number of rotatable bonds is 5. The normalized spacial score (nSPS) is 12.8. The first-order valence-corrected chi connectivity index (χ1v) is 4.94. The highest BCUT2D eigenvalue weighted by atomic mass is 35.5. The van der Waals surface area contributed by atoms with Crippen LogP contribution in [0.2, 0.25) is 5.02 Å². The van der Waals surface area contributed by atoms with Crippen LogP contribution in [0.15, 0.2) is 18.2 Å². The van der Waals surface area contributed by atoms with Crippen molar-refractivity contribution in [2.45, 2.75) is 12.5 Å². The van der Waals surface area contributed by atoms with Gasteiger partial charge in [0, 0.05) is 18.2 Å². The Labute approximate surface area is 93.3 Å². The first-order chi connectivity index (χ1) is 7.17. The van der Waals surface area contributed by atoms with Crippen LogP contribution in [-0.2, 0) is 11.2 Å². The summed E-state index contributed by atoms with van der Waals surface area (Å²) >= 11 is 5.88. The van der Waals surface area contributed by atoms with Crippen molar-refractivity contribution in [3.05, 3.63) is 34.6 Å². The largest absolute Gasteiger partial charge is 0.383 e. The smallest absolute Gasteiger partial charge is 0.124 e. The van der Waals surface area contributed by atoms with Crippen LogP contribution >= 0.6 is 11.6 Å². The molecule has 0 radical (unpaired) electrons. The summed E-state index contributed by atoms with van der Waals surface area (Å²) in [7, 11) is 1.59. The summed E-state index contributed by atoms with van der Waals surface area (Å²) in [4.78, 5) is 0. The third kappa shape index (κ3) is 3.76. The molecule has 0 bridgehead atoms. The van der Waals surface area contributed by atoms with Crippen LogP contribution in [-0.4, -0.2) is 19.8 Å². The van der Waals surface area contributed by atoms with Gasteiger partial charge in [0.05, 0.1) is 6.61 Å². The molecule has 0 saturated heterocycles. The van der Waals surface area contributed by atoms with Gasteiger partial charge in [-0.3, -0.25) is 11.3 Å². The molecule has 0 fully saturated rings. The Morgan fingerprint density at radius 2 is 2.33 bits per heavy atom. The Balaban J connectivity index is 2.70. The van der Waals surface area contributed by atoms with E-state index in [-0.39, 0.29) is 11.9 Å². The van der Waals surface area contributed by atoms with E-state index >= 15 is 0 Å². The Kier molecular flexibility index (Phi) is 4.98. The molecule has 0 saturated carbocycles. The molecule has 5 heteroatoms. The number of hydrogen-bond acceptors (Lipinski definition) is 3. The average Bonchev–Trinajstić information content (AvgIpc) is 2.21. The molecular formula is C10H14ClFN2O. The minimum absolute atomic E-state index is 0.0297. The van der Waals surface area contributed by atoms with Gasteiger partial charge in [0.2, 0.25) is 0 Å². The highest BCUT2D eigenvalue weighted by molar-refractivity contribution is 6.31. The fourth-order valence-electron chi connectivity index (χ4n) is 1.32. The Morgan fingerprint density at radius 3 is 2.87 bits per heavy atom. The maximum Gasteiger partial charge on any atom is 0.124 e. The second kappa shape index (κ2) is 6.02. The number of ether oxygens (including phenoxy) is 1. The number of hydrazine groups is 1. The molecule has 1 rings (SSSR count). The van der Waals surface area contributed by atoms with Crippen molar-refractivity contribution in [1.29, 1.82) is 0 Å². The molecule has 3 N–H and O–H groups in total. The Bertz CT molecular complexity index is 322. The van der Waals surface area contributed by atoms with E-state index in [1.165, 1.54) is 12.1 Å². The van der Waals surface area contributed by atoms with Gasteiger partial charge in [0.25, 0.3) is 0 Å². The number of hydrogen-bond donors (Lipinski definition) is 2. The van der Waals surface area contributed by atoms with Crippen molar-refractivity contribution in [3.63, 3.8) is 0 Å². The molecule has 0 aromatic heterocycles. The zero-order valence-corrected chi connectivity index (χ0v) is 9.22. The van der Waals surface area contributed by atoms with E-state index in [2.05, 4.69) is 5.43 Å². The molecule has 0 amide bonds. The molecule has 15 heavy (non-hydrogen) atoms. The van der Waals surface area contributed by atoms with Crippen LogP contribution in [0, 0.1) is 5.82 Å². The summed E-state index contributed by atoms with van der Waals surface area (Å²) in [5, 5.41) is 0.409. The van der Waals surface area contributed by atoms with E-state index in [0.29, 0.717) is 18.1 Å². The lowest BCUT2D eigenvalue weighted by atomic mass is 10.1. The maximum atomic E-state index is 12.8. The standard InChI is InChI=1S/C10H14ClFN2O/c1-15-6-9(14-13)4-7-2-3-8(12)5-10(7)11/h2-3,5,9,14H,4,6,13H2,1H3. The van der Waals surface area contributed by atoms with Gasteiger partial charge in [-0.25, -0.2) is 4.39 Å². The molecule has 3 nitrogen and oxygen atoms in total. The molecule has 84 valence electrons. The van der Waals surface area contributed by atoms with E-state index in [1.54, 1.807) is 13.2 Å². The zero-order chi connectivity index (χ0) is 11.3. The van der Waals surface area contributed by atoms with Gasteiger partial charge < -0.3 is 4.74 Å². The molecule has 0 heterocycles. The first kappa shape index (κ1) is 12.4. The molecule has 0 aliphatic heterocycles. The summed E-state index contributed by atoms with van der Waals surface area (Å²) in [6.45, 7) is 0.476. The fraction of sp³-hybridized carbons (Fsp3) is 0.400. The van der Waals surface area contributed by atoms with Gasteiger partial charge in [0.15, 0.2) is 0 Å². The van der Waals surface area contributed by atoms with Crippen LogP contribution in [0.25, 0.3) is 0 Å². The van der Waals surface area contributed by atoms with Crippen molar-refractivity contribution < 1.29 is 9.13 Å². The molecule has 1 aromatic rings. The van der Waals surface area contributed by atoms with Crippen molar-refractivity contribution in [1.82, 2.24) is 5.43 Å². The Hall–Kier alpha value is -0.680. The maximum absolute atomic E-state index is 12.8. The highest BCUT2D eigenvalue weighted by Gasteiger charge is 2.10. The number of nitrogens with two attached hydrogens (primary N) is 1. The number of halogens is 2. The predicted molar refractivity (Wildman–Crippen MR) is 58.1 cm³/mol. The first-order valence-electron chi connectivity index (χ1n) is 4.56. The lowest BCUT2D eigenvalue weighted by Crippen LogP contribution is -2.40. The Morgan fingerprint density at radius 1 is 1.60 bits per heavy atom. The second-order valence-electron chi connectivity index (χ2n) is 3.26. The van der Waals surface area contributed by atoms with Crippen molar-refractivity contribution >= 4 is 11.6 Å². The summed E-state index contributed by atoms with van der Waals surface area (Å²) < 4.78 is 17.7. The number of benzene rings is 1. The van der Waals surface area contributed by atoms with E-state index in [4.69, 9.17) is 22.2 Å². The second-order valence-corrected chi connectivity index (χ2v) is 3.67. The quantitative estimate of drug-likeness (QED) is 0.598. The molecule has 0 spiro atoms. The monoisotopic (exact) mass is 232 g/mol. The van der Waals surface area contributed by atoms with E-state index in [1.807, 2.05) is 0 Å². The SMILES string of the molecule is COCC(Cc1ccc(F)cc1Cl)NN. The van der Waals surface area contributed by atoms with E-state index < -0.39 is 0 Å². The van der Waals surface area contributed by atoms with Crippen LogP contribution in [0.4, 0.5) is 4.39 Å². The molecule has 0 aliphatic rings. The molecule has 0 aliphatic carbocycles. The summed E-state index contributed by atoms with van der Waals surface area (Å²) in [5.74, 6) is 5.00. The van der Waals surface area contributed by atoms with Gasteiger partial charge in [-0.05, 0) is 24.1 Å².